The predicted octanol–water partition coefficient (Wildman–Crippen LogP) is 3.51. The van der Waals surface area contributed by atoms with Crippen molar-refractivity contribution in [3.05, 3.63) is 12.2 Å². The van der Waals surface area contributed by atoms with Gasteiger partial charge in [0.15, 0.2) is 14.9 Å². The lowest BCUT2D eigenvalue weighted by molar-refractivity contribution is -0.182. The average molecular weight is 433 g/mol. The lowest BCUT2D eigenvalue weighted by Crippen LogP contribution is -2.53. The van der Waals surface area contributed by atoms with Crippen molar-refractivity contribution in [1.29, 1.82) is 0 Å². The van der Waals surface area contributed by atoms with E-state index in [1.54, 1.807) is 0 Å². The lowest BCUT2D eigenvalue weighted by Gasteiger charge is -2.36. The van der Waals surface area contributed by atoms with E-state index in [9.17, 15) is 22.8 Å². The Bertz CT molecular complexity index is 527. The summed E-state index contributed by atoms with van der Waals surface area (Å²) in [7, 11) is -6.53. The first-order valence-electron chi connectivity index (χ1n) is 7.90. The van der Waals surface area contributed by atoms with Gasteiger partial charge in [-0.2, -0.15) is 13.2 Å². The number of rotatable bonds is 9. The van der Waals surface area contributed by atoms with Gasteiger partial charge in [0.05, 0.1) is 0 Å². The molecule has 0 aromatic rings. The van der Waals surface area contributed by atoms with Crippen molar-refractivity contribution in [2.75, 3.05) is 12.8 Å². The van der Waals surface area contributed by atoms with E-state index < -0.39 is 49.9 Å². The van der Waals surface area contributed by atoms with Crippen LogP contribution in [-0.2, 0) is 27.3 Å². The Morgan fingerprint density at radius 2 is 1.31 bits per heavy atom. The van der Waals surface area contributed by atoms with Crippen molar-refractivity contribution < 1.29 is 40.5 Å². The molecule has 0 atom stereocenters. The number of carbonyl (C=O) groups is 2. The molecule has 152 valence electrons. The van der Waals surface area contributed by atoms with Gasteiger partial charge in [-0.15, -0.1) is 0 Å². The van der Waals surface area contributed by atoms with Crippen LogP contribution in [-0.4, -0.2) is 56.1 Å². The van der Waals surface area contributed by atoms with E-state index >= 15 is 0 Å². The first-order valence-corrected chi connectivity index (χ1v) is 17.2. The van der Waals surface area contributed by atoms with E-state index in [0.29, 0.717) is 6.08 Å². The Morgan fingerprint density at radius 1 is 0.846 bits per heavy atom. The highest BCUT2D eigenvalue weighted by Gasteiger charge is 2.38. The van der Waals surface area contributed by atoms with Gasteiger partial charge in [0.1, 0.15) is 6.23 Å². The van der Waals surface area contributed by atoms with Gasteiger partial charge in [-0.05, 0) is 45.8 Å². The molecule has 0 radical (unpaired) electrons. The van der Waals surface area contributed by atoms with E-state index in [0.717, 1.165) is 6.08 Å². The molecule has 0 fully saturated rings. The average Bonchev–Trinajstić information content (AvgIpc) is 2.35. The van der Waals surface area contributed by atoms with Gasteiger partial charge in [-0.3, -0.25) is 0 Å². The molecule has 0 unspecified atom stereocenters. The number of hydrogen-bond donors (Lipinski definition) is 0. The molecule has 12 heteroatoms. The highest BCUT2D eigenvalue weighted by atomic mass is 28.5. The first kappa shape index (κ1) is 25.0. The molecule has 0 aromatic heterocycles. The third-order valence-electron chi connectivity index (χ3n) is 2.37. The van der Waals surface area contributed by atoms with E-state index in [2.05, 4.69) is 24.4 Å². The molecule has 0 saturated carbocycles. The van der Waals surface area contributed by atoms with Gasteiger partial charge in [-0.25, -0.2) is 9.59 Å². The summed E-state index contributed by atoms with van der Waals surface area (Å²) in [4.78, 5) is 22.7. The molecule has 0 saturated heterocycles. The van der Waals surface area contributed by atoms with Crippen LogP contribution in [0.3, 0.4) is 0 Å². The van der Waals surface area contributed by atoms with Crippen LogP contribution in [0.4, 0.5) is 13.2 Å². The summed E-state index contributed by atoms with van der Waals surface area (Å²) < 4.78 is 56.9. The van der Waals surface area contributed by atoms with Crippen LogP contribution in [0.1, 0.15) is 0 Å². The van der Waals surface area contributed by atoms with Crippen molar-refractivity contribution in [3.8, 4) is 0 Å². The fraction of sp³-hybridized carbons (Fsp3) is 0.714. The molecule has 0 heterocycles. The zero-order chi connectivity index (χ0) is 20.8. The molecule has 0 aliphatic heterocycles. The highest BCUT2D eigenvalue weighted by molar-refractivity contribution is 6.87. The maximum absolute atomic E-state index is 11.9. The summed E-state index contributed by atoms with van der Waals surface area (Å²) in [6.45, 7) is 12.0. The summed E-state index contributed by atoms with van der Waals surface area (Å²) in [5, 5.41) is 0. The van der Waals surface area contributed by atoms with Crippen molar-refractivity contribution >= 4 is 37.1 Å². The van der Waals surface area contributed by atoms with E-state index in [-0.39, 0.29) is 6.23 Å². The molecular formula is C14H27F3O6Si3. The number of halogens is 3. The second kappa shape index (κ2) is 9.30. The Labute approximate surface area is 155 Å². The summed E-state index contributed by atoms with van der Waals surface area (Å²) >= 11 is 0. The van der Waals surface area contributed by atoms with Crippen LogP contribution < -0.4 is 0 Å². The van der Waals surface area contributed by atoms with Crippen LogP contribution in [0.5, 0.6) is 0 Å². The minimum absolute atomic E-state index is 0.0270. The molecule has 0 N–H and O–H groups in total. The number of ether oxygens (including phenoxy) is 2. The molecule has 0 aromatic carbocycles. The highest BCUT2D eigenvalue weighted by Crippen LogP contribution is 2.20. The van der Waals surface area contributed by atoms with Gasteiger partial charge in [-0.1, -0.05) is 0 Å². The Hall–Kier alpha value is -0.959. The Kier molecular flexibility index (Phi) is 8.96. The molecule has 0 aliphatic carbocycles. The summed E-state index contributed by atoms with van der Waals surface area (Å²) in [6, 6.07) is 0. The standard InChI is InChI=1S/C14H27F3O6Si3/c1-24(2,3)22-26(6,7)23-25(4,5)11-21-13(19)9-8-12(18)20-10-14(15,16)17/h8-9H,10-11H2,1-7H3. The molecule has 0 spiro atoms. The molecule has 0 aliphatic rings. The van der Waals surface area contributed by atoms with Crippen LogP contribution in [0, 0.1) is 0 Å². The zero-order valence-electron chi connectivity index (χ0n) is 16.2. The van der Waals surface area contributed by atoms with Gasteiger partial charge >= 0.3 is 26.7 Å². The van der Waals surface area contributed by atoms with Gasteiger partial charge in [0.2, 0.25) is 8.32 Å². The Balaban J connectivity index is 4.47. The topological polar surface area (TPSA) is 71.1 Å². The van der Waals surface area contributed by atoms with E-state index in [1.165, 1.54) is 0 Å². The first-order chi connectivity index (χ1) is 11.4. The lowest BCUT2D eigenvalue weighted by atomic mass is 10.5. The van der Waals surface area contributed by atoms with Crippen molar-refractivity contribution in [3.63, 3.8) is 0 Å². The number of carbonyl (C=O) groups excluding carboxylic acids is 2. The largest absolute Gasteiger partial charge is 0.463 e. The fourth-order valence-electron chi connectivity index (χ4n) is 2.08. The molecule has 6 nitrogen and oxygen atoms in total. The second-order valence-electron chi connectivity index (χ2n) is 7.64. The van der Waals surface area contributed by atoms with Crippen molar-refractivity contribution in [2.45, 2.75) is 52.0 Å². The number of alkyl halides is 3. The van der Waals surface area contributed by atoms with Crippen LogP contribution in [0.15, 0.2) is 12.2 Å². The maximum atomic E-state index is 11.9. The predicted molar refractivity (Wildman–Crippen MR) is 97.6 cm³/mol. The van der Waals surface area contributed by atoms with Crippen molar-refractivity contribution in [1.82, 2.24) is 0 Å². The fourth-order valence-corrected chi connectivity index (χ4v) is 14.6. The quantitative estimate of drug-likeness (QED) is 0.315. The molecule has 26 heavy (non-hydrogen) atoms. The van der Waals surface area contributed by atoms with Crippen molar-refractivity contribution in [2.24, 2.45) is 0 Å². The summed E-state index contributed by atoms with van der Waals surface area (Å²) in [5.74, 6) is -2.13. The van der Waals surface area contributed by atoms with Crippen LogP contribution in [0.2, 0.25) is 45.8 Å². The maximum Gasteiger partial charge on any atom is 0.422 e. The monoisotopic (exact) mass is 432 g/mol. The van der Waals surface area contributed by atoms with Crippen LogP contribution in [0.25, 0.3) is 0 Å². The molecule has 0 amide bonds. The van der Waals surface area contributed by atoms with Gasteiger partial charge in [0.25, 0.3) is 0 Å². The Morgan fingerprint density at radius 3 is 1.73 bits per heavy atom. The third kappa shape index (κ3) is 14.2. The second-order valence-corrected chi connectivity index (χ2v) is 20.1. The molecule has 0 rings (SSSR count). The van der Waals surface area contributed by atoms with E-state index in [1.807, 2.05) is 26.2 Å². The normalized spacial score (nSPS) is 13.8. The zero-order valence-corrected chi connectivity index (χ0v) is 19.2. The van der Waals surface area contributed by atoms with E-state index in [4.69, 9.17) is 13.0 Å². The van der Waals surface area contributed by atoms with Crippen LogP contribution >= 0.6 is 0 Å². The minimum atomic E-state index is -4.62. The molecular weight excluding hydrogens is 405 g/mol. The molecule has 0 bridgehead atoms. The SMILES string of the molecule is C[Si](C)(C)O[Si](C)(C)O[Si](C)(C)COC(=O)C=CC(=O)OCC(F)(F)F. The smallest absolute Gasteiger partial charge is 0.422 e. The number of hydrogen-bond acceptors (Lipinski definition) is 6. The minimum Gasteiger partial charge on any atom is -0.463 e. The van der Waals surface area contributed by atoms with Gasteiger partial charge in [0, 0.05) is 12.2 Å². The summed E-state index contributed by atoms with van der Waals surface area (Å²) in [6.07, 6.45) is -3.27. The third-order valence-corrected chi connectivity index (χ3v) is 11.8. The summed E-state index contributed by atoms with van der Waals surface area (Å²) in [5.41, 5.74) is 0. The van der Waals surface area contributed by atoms with Gasteiger partial charge < -0.3 is 17.7 Å². The number of esters is 2.